The maximum atomic E-state index is 11.9. The number of likely N-dealkylation sites (tertiary alicyclic amines) is 1. The Morgan fingerprint density at radius 3 is 3.00 bits per heavy atom. The fraction of sp³-hybridized carbons (Fsp3) is 0.467. The largest absolute Gasteiger partial charge is 0.472 e. The highest BCUT2D eigenvalue weighted by Crippen LogP contribution is 2.18. The Labute approximate surface area is 128 Å². The van der Waals surface area contributed by atoms with Crippen LogP contribution in [-0.4, -0.2) is 35.4 Å². The Kier molecular flexibility index (Phi) is 4.67. The van der Waals surface area contributed by atoms with Gasteiger partial charge in [0.05, 0.1) is 24.2 Å². The van der Waals surface area contributed by atoms with Crippen LogP contribution in [0.15, 0.2) is 34.7 Å². The Balaban J connectivity index is 1.39. The van der Waals surface area contributed by atoms with Gasteiger partial charge in [-0.05, 0) is 37.9 Å². The lowest BCUT2D eigenvalue weighted by Crippen LogP contribution is -2.38. The fourth-order valence-corrected chi connectivity index (χ4v) is 3.18. The van der Waals surface area contributed by atoms with E-state index in [1.165, 1.54) is 16.9 Å². The minimum Gasteiger partial charge on any atom is -0.472 e. The van der Waals surface area contributed by atoms with Crippen molar-refractivity contribution in [3.8, 4) is 0 Å². The number of aromatic nitrogens is 1. The molecule has 0 radical (unpaired) electrons. The molecule has 3 rings (SSSR count). The summed E-state index contributed by atoms with van der Waals surface area (Å²) in [7, 11) is 0. The van der Waals surface area contributed by atoms with Gasteiger partial charge in [0.25, 0.3) is 5.91 Å². The zero-order valence-electron chi connectivity index (χ0n) is 11.8. The molecule has 3 heterocycles. The lowest BCUT2D eigenvalue weighted by molar-refractivity contribution is 0.0939. The van der Waals surface area contributed by atoms with Crippen molar-refractivity contribution in [3.05, 3.63) is 40.7 Å². The number of piperidine rings is 1. The van der Waals surface area contributed by atoms with Gasteiger partial charge in [0.1, 0.15) is 4.88 Å². The van der Waals surface area contributed by atoms with Crippen molar-refractivity contribution in [1.29, 1.82) is 0 Å². The lowest BCUT2D eigenvalue weighted by atomic mass is 9.96. The first-order chi connectivity index (χ1) is 10.3. The maximum absolute atomic E-state index is 11.9. The third-order valence-corrected chi connectivity index (χ3v) is 4.67. The third-order valence-electron chi connectivity index (χ3n) is 3.90. The van der Waals surface area contributed by atoms with E-state index >= 15 is 0 Å². The van der Waals surface area contributed by atoms with E-state index in [1.54, 1.807) is 24.2 Å². The number of furan rings is 1. The molecule has 21 heavy (non-hydrogen) atoms. The molecule has 1 fully saturated rings. The maximum Gasteiger partial charge on any atom is 0.263 e. The summed E-state index contributed by atoms with van der Waals surface area (Å²) < 4.78 is 5.10. The van der Waals surface area contributed by atoms with Crippen LogP contribution in [0.3, 0.4) is 0 Å². The van der Waals surface area contributed by atoms with Crippen molar-refractivity contribution < 1.29 is 9.21 Å². The molecule has 5 nitrogen and oxygen atoms in total. The molecule has 0 atom stereocenters. The number of nitrogens with one attached hydrogen (secondary N) is 1. The molecule has 1 N–H and O–H groups in total. The van der Waals surface area contributed by atoms with Gasteiger partial charge in [-0.25, -0.2) is 0 Å². The first-order valence-corrected chi connectivity index (χ1v) is 8.09. The average molecular weight is 305 g/mol. The van der Waals surface area contributed by atoms with Gasteiger partial charge in [-0.1, -0.05) is 0 Å². The summed E-state index contributed by atoms with van der Waals surface area (Å²) in [6.07, 6.45) is 7.40. The van der Waals surface area contributed by atoms with E-state index in [9.17, 15) is 4.79 Å². The van der Waals surface area contributed by atoms with Crippen LogP contribution in [0.4, 0.5) is 0 Å². The number of nitrogens with zero attached hydrogens (tertiary/aromatic N) is 2. The first-order valence-electron chi connectivity index (χ1n) is 7.21. The van der Waals surface area contributed by atoms with Gasteiger partial charge in [-0.2, -0.15) is 0 Å². The van der Waals surface area contributed by atoms with Crippen LogP contribution in [0.25, 0.3) is 0 Å². The van der Waals surface area contributed by atoms with Crippen LogP contribution in [0, 0.1) is 5.92 Å². The van der Waals surface area contributed by atoms with Gasteiger partial charge >= 0.3 is 0 Å². The minimum absolute atomic E-state index is 0.00155. The average Bonchev–Trinajstić information content (AvgIpc) is 3.19. The van der Waals surface area contributed by atoms with E-state index < -0.39 is 0 Å². The molecule has 2 aromatic rings. The molecule has 0 aromatic carbocycles. The molecule has 112 valence electrons. The number of carbonyl (C=O) groups excluding carboxylic acids is 1. The van der Waals surface area contributed by atoms with Gasteiger partial charge in [-0.3, -0.25) is 14.7 Å². The van der Waals surface area contributed by atoms with Crippen molar-refractivity contribution in [3.63, 3.8) is 0 Å². The molecule has 0 bridgehead atoms. The highest BCUT2D eigenvalue weighted by Gasteiger charge is 2.20. The van der Waals surface area contributed by atoms with Crippen LogP contribution in [0.1, 0.15) is 28.1 Å². The molecular weight excluding hydrogens is 286 g/mol. The number of carbonyl (C=O) groups is 1. The Morgan fingerprint density at radius 1 is 1.48 bits per heavy atom. The quantitative estimate of drug-likeness (QED) is 0.921. The standard InChI is InChI=1S/C15H19N3O2S/c19-15(14-8-16-11-21-14)17-7-12-1-4-18(5-2-12)9-13-3-6-20-10-13/h3,6,8,10-12H,1-2,4-5,7,9H2,(H,17,19). The number of thiazole rings is 1. The fourth-order valence-electron chi connectivity index (χ4n) is 2.64. The van der Waals surface area contributed by atoms with Crippen molar-refractivity contribution >= 4 is 17.2 Å². The smallest absolute Gasteiger partial charge is 0.263 e. The van der Waals surface area contributed by atoms with E-state index in [4.69, 9.17) is 4.42 Å². The first kappa shape index (κ1) is 14.3. The molecule has 1 aliphatic rings. The predicted octanol–water partition coefficient (Wildman–Crippen LogP) is 2.38. The van der Waals surface area contributed by atoms with Crippen LogP contribution < -0.4 is 5.32 Å². The van der Waals surface area contributed by atoms with E-state index in [0.717, 1.165) is 39.0 Å². The molecule has 0 unspecified atom stereocenters. The highest BCUT2D eigenvalue weighted by atomic mass is 32.1. The molecular formula is C15H19N3O2S. The summed E-state index contributed by atoms with van der Waals surface area (Å²) in [6.45, 7) is 3.87. The molecule has 1 amide bonds. The number of hydrogen-bond donors (Lipinski definition) is 1. The molecule has 1 aliphatic heterocycles. The van der Waals surface area contributed by atoms with Crippen LogP contribution in [0.2, 0.25) is 0 Å². The van der Waals surface area contributed by atoms with Gasteiger partial charge < -0.3 is 9.73 Å². The summed E-state index contributed by atoms with van der Waals surface area (Å²) in [5.74, 6) is 0.570. The summed E-state index contributed by atoms with van der Waals surface area (Å²) >= 11 is 1.38. The molecule has 2 aromatic heterocycles. The highest BCUT2D eigenvalue weighted by molar-refractivity contribution is 7.11. The Morgan fingerprint density at radius 2 is 2.33 bits per heavy atom. The summed E-state index contributed by atoms with van der Waals surface area (Å²) in [6, 6.07) is 2.02. The summed E-state index contributed by atoms with van der Waals surface area (Å²) in [5.41, 5.74) is 2.91. The van der Waals surface area contributed by atoms with Crippen LogP contribution >= 0.6 is 11.3 Å². The Hall–Kier alpha value is -1.66. The van der Waals surface area contributed by atoms with E-state index in [-0.39, 0.29) is 5.91 Å². The van der Waals surface area contributed by atoms with Gasteiger partial charge in [0.2, 0.25) is 0 Å². The summed E-state index contributed by atoms with van der Waals surface area (Å²) in [5, 5.41) is 3.01. The van der Waals surface area contributed by atoms with Gasteiger partial charge in [-0.15, -0.1) is 11.3 Å². The zero-order valence-corrected chi connectivity index (χ0v) is 12.6. The van der Waals surface area contributed by atoms with E-state index in [1.807, 2.05) is 6.07 Å². The molecule has 1 saturated heterocycles. The Bertz CT molecular complexity index is 546. The molecule has 0 spiro atoms. The van der Waals surface area contributed by atoms with Crippen molar-refractivity contribution in [2.75, 3.05) is 19.6 Å². The number of rotatable bonds is 5. The second-order valence-corrected chi connectivity index (χ2v) is 6.31. The summed E-state index contributed by atoms with van der Waals surface area (Å²) in [4.78, 5) is 18.9. The van der Waals surface area contributed by atoms with Crippen LogP contribution in [0.5, 0.6) is 0 Å². The van der Waals surface area contributed by atoms with Gasteiger partial charge in [0.15, 0.2) is 0 Å². The monoisotopic (exact) mass is 305 g/mol. The van der Waals surface area contributed by atoms with E-state index in [0.29, 0.717) is 10.8 Å². The van der Waals surface area contributed by atoms with Crippen LogP contribution in [-0.2, 0) is 6.54 Å². The lowest BCUT2D eigenvalue weighted by Gasteiger charge is -2.31. The third kappa shape index (κ3) is 3.92. The van der Waals surface area contributed by atoms with Crippen molar-refractivity contribution in [2.45, 2.75) is 19.4 Å². The van der Waals surface area contributed by atoms with Crippen molar-refractivity contribution in [1.82, 2.24) is 15.2 Å². The zero-order chi connectivity index (χ0) is 14.5. The second-order valence-electron chi connectivity index (χ2n) is 5.43. The van der Waals surface area contributed by atoms with Crippen molar-refractivity contribution in [2.24, 2.45) is 5.92 Å². The van der Waals surface area contributed by atoms with E-state index in [2.05, 4.69) is 15.2 Å². The topological polar surface area (TPSA) is 58.4 Å². The SMILES string of the molecule is O=C(NCC1CCN(Cc2ccoc2)CC1)c1cncs1. The number of hydrogen-bond acceptors (Lipinski definition) is 5. The molecule has 6 heteroatoms. The number of amides is 1. The minimum atomic E-state index is -0.00155. The molecule has 0 saturated carbocycles. The normalized spacial score (nSPS) is 17.0. The predicted molar refractivity (Wildman–Crippen MR) is 81.2 cm³/mol. The van der Waals surface area contributed by atoms with Gasteiger partial charge in [0, 0.05) is 18.7 Å². The molecule has 0 aliphatic carbocycles. The second kappa shape index (κ2) is 6.87.